The molecule has 4 aromatic rings. The number of halogens is 3. The first kappa shape index (κ1) is 21.7. The summed E-state index contributed by atoms with van der Waals surface area (Å²) in [5.41, 5.74) is 6.10. The zero-order valence-electron chi connectivity index (χ0n) is 15.8. The fourth-order valence-corrected chi connectivity index (χ4v) is 4.50. The van der Waals surface area contributed by atoms with Gasteiger partial charge in [-0.25, -0.2) is 10.4 Å². The van der Waals surface area contributed by atoms with Gasteiger partial charge in [-0.3, -0.25) is 4.79 Å². The van der Waals surface area contributed by atoms with E-state index in [2.05, 4.69) is 58.3 Å². The number of carbonyl (C=O) groups is 1. The third-order valence-corrected chi connectivity index (χ3v) is 6.26. The van der Waals surface area contributed by atoms with Crippen molar-refractivity contribution in [2.24, 2.45) is 5.10 Å². The number of hydrogen-bond acceptors (Lipinski definition) is 4. The van der Waals surface area contributed by atoms with Crippen molar-refractivity contribution < 1.29 is 9.90 Å². The van der Waals surface area contributed by atoms with E-state index in [1.165, 1.54) is 6.21 Å². The molecule has 0 radical (unpaired) electrons. The molecular weight excluding hydrogens is 590 g/mol. The molecule has 1 amide bonds. The number of fused-ring (bicyclic) bond motifs is 1. The summed E-state index contributed by atoms with van der Waals surface area (Å²) in [6.45, 7) is 0. The van der Waals surface area contributed by atoms with Crippen LogP contribution in [0.4, 0.5) is 0 Å². The summed E-state index contributed by atoms with van der Waals surface area (Å²) in [6, 6.07) is 20.4. The van der Waals surface area contributed by atoms with E-state index in [1.54, 1.807) is 18.2 Å². The highest BCUT2D eigenvalue weighted by molar-refractivity contribution is 9.11. The Labute approximate surface area is 203 Å². The van der Waals surface area contributed by atoms with Gasteiger partial charge in [-0.05, 0) is 73.8 Å². The van der Waals surface area contributed by atoms with E-state index in [9.17, 15) is 9.90 Å². The first-order valence-electron chi connectivity index (χ1n) is 9.09. The number of carbonyl (C=O) groups excluding carboxylic acids is 1. The maximum atomic E-state index is 13.0. The number of pyridine rings is 1. The zero-order chi connectivity index (χ0) is 22.0. The summed E-state index contributed by atoms with van der Waals surface area (Å²) in [5, 5.41) is 14.6. The van der Waals surface area contributed by atoms with Crippen molar-refractivity contribution in [3.63, 3.8) is 0 Å². The van der Waals surface area contributed by atoms with Gasteiger partial charge in [0.05, 0.1) is 31.9 Å². The van der Waals surface area contributed by atoms with E-state index in [1.807, 2.05) is 48.5 Å². The smallest absolute Gasteiger partial charge is 0.272 e. The standard InChI is InChI=1S/C23H14Br3N3O2/c24-15-7-5-14(6-8-15)21-11-17(16-3-1-2-4-20(16)28-21)23(31)29-27-12-13-9-18(25)22(30)19(26)10-13/h1-12,30H,(H,29,31)/b27-12+. The van der Waals surface area contributed by atoms with Crippen molar-refractivity contribution in [2.45, 2.75) is 0 Å². The SMILES string of the molecule is O=C(N/N=C/c1cc(Br)c(O)c(Br)c1)c1cc(-c2ccc(Br)cc2)nc2ccccc12. The van der Waals surface area contributed by atoms with Crippen LogP contribution in [-0.2, 0) is 0 Å². The molecule has 0 aliphatic carbocycles. The number of nitrogens with one attached hydrogen (secondary N) is 1. The number of amides is 1. The molecule has 0 bridgehead atoms. The molecule has 0 spiro atoms. The van der Waals surface area contributed by atoms with Crippen LogP contribution in [0.5, 0.6) is 5.75 Å². The van der Waals surface area contributed by atoms with Gasteiger partial charge < -0.3 is 5.11 Å². The van der Waals surface area contributed by atoms with Crippen molar-refractivity contribution in [1.82, 2.24) is 10.4 Å². The molecular formula is C23H14Br3N3O2. The molecule has 0 unspecified atom stereocenters. The van der Waals surface area contributed by atoms with Crippen LogP contribution >= 0.6 is 47.8 Å². The summed E-state index contributed by atoms with van der Waals surface area (Å²) in [5.74, 6) is -0.241. The minimum absolute atomic E-state index is 0.102. The largest absolute Gasteiger partial charge is 0.506 e. The predicted octanol–water partition coefficient (Wildman–Crippen LogP) is 6.66. The van der Waals surface area contributed by atoms with Crippen LogP contribution in [0, 0.1) is 0 Å². The van der Waals surface area contributed by atoms with E-state index in [-0.39, 0.29) is 11.7 Å². The molecule has 3 aromatic carbocycles. The lowest BCUT2D eigenvalue weighted by molar-refractivity contribution is 0.0956. The lowest BCUT2D eigenvalue weighted by atomic mass is 10.0. The number of nitrogens with zero attached hydrogens (tertiary/aromatic N) is 2. The number of aromatic hydroxyl groups is 1. The maximum absolute atomic E-state index is 13.0. The minimum atomic E-state index is -0.342. The molecule has 8 heteroatoms. The predicted molar refractivity (Wildman–Crippen MR) is 133 cm³/mol. The monoisotopic (exact) mass is 601 g/mol. The van der Waals surface area contributed by atoms with Crippen molar-refractivity contribution in [3.8, 4) is 17.0 Å². The number of hydrogen-bond donors (Lipinski definition) is 2. The van der Waals surface area contributed by atoms with Gasteiger partial charge in [-0.1, -0.05) is 46.3 Å². The van der Waals surface area contributed by atoms with Gasteiger partial charge in [-0.15, -0.1) is 0 Å². The fourth-order valence-electron chi connectivity index (χ4n) is 3.02. The molecule has 0 atom stereocenters. The van der Waals surface area contributed by atoms with E-state index < -0.39 is 0 Å². The second-order valence-corrected chi connectivity index (χ2v) is 9.24. The molecule has 31 heavy (non-hydrogen) atoms. The number of phenols is 1. The Morgan fingerprint density at radius 1 is 0.968 bits per heavy atom. The Balaban J connectivity index is 1.66. The summed E-state index contributed by atoms with van der Waals surface area (Å²) in [4.78, 5) is 17.7. The number of para-hydroxylation sites is 1. The van der Waals surface area contributed by atoms with Gasteiger partial charge in [0.2, 0.25) is 0 Å². The molecule has 4 rings (SSSR count). The average molecular weight is 604 g/mol. The van der Waals surface area contributed by atoms with Crippen LogP contribution in [0.2, 0.25) is 0 Å². The molecule has 0 aliphatic heterocycles. The van der Waals surface area contributed by atoms with Gasteiger partial charge in [-0.2, -0.15) is 5.10 Å². The second-order valence-electron chi connectivity index (χ2n) is 6.61. The first-order valence-corrected chi connectivity index (χ1v) is 11.5. The average Bonchev–Trinajstić information content (AvgIpc) is 2.77. The maximum Gasteiger partial charge on any atom is 0.272 e. The van der Waals surface area contributed by atoms with Crippen LogP contribution in [0.1, 0.15) is 15.9 Å². The Bertz CT molecular complexity index is 1300. The summed E-state index contributed by atoms with van der Waals surface area (Å²) in [7, 11) is 0. The normalized spacial score (nSPS) is 11.2. The lowest BCUT2D eigenvalue weighted by Crippen LogP contribution is -2.18. The molecule has 0 fully saturated rings. The summed E-state index contributed by atoms with van der Waals surface area (Å²) >= 11 is 9.99. The molecule has 2 N–H and O–H groups in total. The van der Waals surface area contributed by atoms with Gasteiger partial charge >= 0.3 is 0 Å². The van der Waals surface area contributed by atoms with E-state index >= 15 is 0 Å². The Morgan fingerprint density at radius 2 is 1.65 bits per heavy atom. The van der Waals surface area contributed by atoms with Crippen molar-refractivity contribution in [1.29, 1.82) is 0 Å². The number of hydrazone groups is 1. The Kier molecular flexibility index (Phi) is 6.50. The minimum Gasteiger partial charge on any atom is -0.506 e. The van der Waals surface area contributed by atoms with Gasteiger partial charge in [0.1, 0.15) is 5.75 Å². The fraction of sp³-hybridized carbons (Fsp3) is 0. The molecule has 0 saturated carbocycles. The van der Waals surface area contributed by atoms with Crippen LogP contribution in [0.3, 0.4) is 0 Å². The highest BCUT2D eigenvalue weighted by atomic mass is 79.9. The quantitative estimate of drug-likeness (QED) is 0.202. The van der Waals surface area contributed by atoms with Gasteiger partial charge in [0.25, 0.3) is 5.91 Å². The first-order chi connectivity index (χ1) is 14.9. The van der Waals surface area contributed by atoms with E-state index in [4.69, 9.17) is 4.98 Å². The number of phenolic OH excluding ortho intramolecular Hbond substituents is 1. The van der Waals surface area contributed by atoms with Crippen LogP contribution in [0.25, 0.3) is 22.2 Å². The molecule has 1 aromatic heterocycles. The van der Waals surface area contributed by atoms with Crippen LogP contribution in [-0.4, -0.2) is 22.2 Å². The highest BCUT2D eigenvalue weighted by Crippen LogP contribution is 2.33. The Morgan fingerprint density at radius 3 is 2.35 bits per heavy atom. The van der Waals surface area contributed by atoms with Gasteiger partial charge in [0.15, 0.2) is 0 Å². The van der Waals surface area contributed by atoms with Crippen LogP contribution < -0.4 is 5.43 Å². The Hall–Kier alpha value is -2.55. The third kappa shape index (κ3) is 4.87. The summed E-state index contributed by atoms with van der Waals surface area (Å²) in [6.07, 6.45) is 1.51. The van der Waals surface area contributed by atoms with E-state index in [0.717, 1.165) is 20.9 Å². The number of rotatable bonds is 4. The molecule has 0 aliphatic rings. The zero-order valence-corrected chi connectivity index (χ0v) is 20.6. The molecule has 154 valence electrons. The van der Waals surface area contributed by atoms with Crippen LogP contribution in [0.15, 0.2) is 85.2 Å². The lowest BCUT2D eigenvalue weighted by Gasteiger charge is -2.09. The topological polar surface area (TPSA) is 74.6 Å². The summed E-state index contributed by atoms with van der Waals surface area (Å²) < 4.78 is 2.01. The van der Waals surface area contributed by atoms with E-state index in [0.29, 0.717) is 25.8 Å². The molecule has 0 saturated heterocycles. The van der Waals surface area contributed by atoms with Gasteiger partial charge in [0, 0.05) is 15.4 Å². The third-order valence-electron chi connectivity index (χ3n) is 4.52. The second kappa shape index (κ2) is 9.30. The molecule has 1 heterocycles. The highest BCUT2D eigenvalue weighted by Gasteiger charge is 2.13. The number of benzene rings is 3. The number of aromatic nitrogens is 1. The van der Waals surface area contributed by atoms with Crippen molar-refractivity contribution in [3.05, 3.63) is 91.3 Å². The molecule has 5 nitrogen and oxygen atoms in total. The van der Waals surface area contributed by atoms with Crippen molar-refractivity contribution >= 4 is 70.8 Å². The van der Waals surface area contributed by atoms with Crippen molar-refractivity contribution in [2.75, 3.05) is 0 Å².